The summed E-state index contributed by atoms with van der Waals surface area (Å²) < 4.78 is 0. The van der Waals surface area contributed by atoms with Gasteiger partial charge in [-0.3, -0.25) is 4.79 Å². The quantitative estimate of drug-likeness (QED) is 0.843. The predicted molar refractivity (Wildman–Crippen MR) is 101 cm³/mol. The van der Waals surface area contributed by atoms with Gasteiger partial charge >= 0.3 is 6.03 Å². The Morgan fingerprint density at radius 2 is 1.80 bits per heavy atom. The van der Waals surface area contributed by atoms with Crippen LogP contribution in [0.25, 0.3) is 0 Å². The van der Waals surface area contributed by atoms with Crippen LogP contribution in [-0.2, 0) is 4.79 Å². The molecule has 2 aliphatic rings. The summed E-state index contributed by atoms with van der Waals surface area (Å²) >= 11 is 0. The first-order valence-electron chi connectivity index (χ1n) is 8.77. The Morgan fingerprint density at radius 3 is 2.44 bits per heavy atom. The number of urea groups is 1. The first kappa shape index (κ1) is 19.5. The molecule has 3 amide bonds. The van der Waals surface area contributed by atoms with Gasteiger partial charge in [-0.1, -0.05) is 18.2 Å². The van der Waals surface area contributed by atoms with Crippen LogP contribution in [0, 0.1) is 5.92 Å². The molecule has 1 aromatic rings. The molecule has 0 radical (unpaired) electrons. The van der Waals surface area contributed by atoms with Gasteiger partial charge in [0.05, 0.1) is 0 Å². The van der Waals surface area contributed by atoms with Gasteiger partial charge in [-0.05, 0) is 31.9 Å². The molecule has 0 spiro atoms. The summed E-state index contributed by atoms with van der Waals surface area (Å²) in [4.78, 5) is 28.8. The number of rotatable bonds is 2. The Bertz CT molecular complexity index is 576. The first-order valence-corrected chi connectivity index (χ1v) is 8.77. The molecular weight excluding hydrogens is 340 g/mol. The maximum Gasteiger partial charge on any atom is 0.321 e. The van der Waals surface area contributed by atoms with E-state index in [-0.39, 0.29) is 36.3 Å². The average molecular weight is 367 g/mol. The third kappa shape index (κ3) is 4.86. The minimum absolute atomic E-state index is 0. The van der Waals surface area contributed by atoms with Gasteiger partial charge in [0, 0.05) is 50.4 Å². The summed E-state index contributed by atoms with van der Waals surface area (Å²) in [6.07, 6.45) is 1.50. The Kier molecular flexibility index (Phi) is 7.08. The normalized spacial score (nSPS) is 21.4. The molecule has 6 nitrogen and oxygen atoms in total. The van der Waals surface area contributed by atoms with E-state index in [4.69, 9.17) is 0 Å². The molecule has 0 unspecified atom stereocenters. The van der Waals surface area contributed by atoms with Gasteiger partial charge in [-0.15, -0.1) is 12.4 Å². The van der Waals surface area contributed by atoms with E-state index in [0.29, 0.717) is 13.1 Å². The zero-order chi connectivity index (χ0) is 16.9. The SMILES string of the molecule is C[C@H]1CNCCN1C(=O)C1CCN(C(=O)Nc2ccccc2)CC1.Cl. The van der Waals surface area contributed by atoms with E-state index in [0.717, 1.165) is 38.2 Å². The Labute approximate surface area is 155 Å². The molecular formula is C18H27ClN4O2. The molecule has 2 aliphatic heterocycles. The number of nitrogens with zero attached hydrogens (tertiary/aromatic N) is 2. The van der Waals surface area contributed by atoms with Crippen LogP contribution in [0.4, 0.5) is 10.5 Å². The van der Waals surface area contributed by atoms with E-state index in [1.54, 1.807) is 4.90 Å². The Hall–Kier alpha value is -1.79. The molecule has 2 N–H and O–H groups in total. The van der Waals surface area contributed by atoms with Gasteiger partial charge in [-0.25, -0.2) is 4.79 Å². The second kappa shape index (κ2) is 9.06. The molecule has 2 fully saturated rings. The number of piperidine rings is 1. The van der Waals surface area contributed by atoms with E-state index in [1.807, 2.05) is 35.2 Å². The van der Waals surface area contributed by atoms with Crippen LogP contribution in [0.2, 0.25) is 0 Å². The first-order chi connectivity index (χ1) is 11.6. The lowest BCUT2D eigenvalue weighted by atomic mass is 9.94. The van der Waals surface area contributed by atoms with Crippen molar-refractivity contribution in [1.82, 2.24) is 15.1 Å². The Balaban J connectivity index is 0.00000225. The number of para-hydroxylation sites is 1. The highest BCUT2D eigenvalue weighted by Gasteiger charge is 2.32. The fourth-order valence-electron chi connectivity index (χ4n) is 3.46. The van der Waals surface area contributed by atoms with Crippen molar-refractivity contribution in [3.8, 4) is 0 Å². The summed E-state index contributed by atoms with van der Waals surface area (Å²) in [5, 5.41) is 6.22. The highest BCUT2D eigenvalue weighted by atomic mass is 35.5. The number of carbonyl (C=O) groups excluding carboxylic acids is 2. The number of likely N-dealkylation sites (tertiary alicyclic amines) is 1. The van der Waals surface area contributed by atoms with Crippen molar-refractivity contribution in [2.75, 3.05) is 38.0 Å². The van der Waals surface area contributed by atoms with Crippen LogP contribution in [0.3, 0.4) is 0 Å². The molecule has 0 aliphatic carbocycles. The van der Waals surface area contributed by atoms with Crippen LogP contribution >= 0.6 is 12.4 Å². The maximum absolute atomic E-state index is 12.7. The number of amides is 3. The van der Waals surface area contributed by atoms with Crippen LogP contribution in [0.1, 0.15) is 19.8 Å². The van der Waals surface area contributed by atoms with Crippen LogP contribution in [-0.4, -0.2) is 60.5 Å². The van der Waals surface area contributed by atoms with Gasteiger partial charge in [-0.2, -0.15) is 0 Å². The van der Waals surface area contributed by atoms with E-state index >= 15 is 0 Å². The van der Waals surface area contributed by atoms with Gasteiger partial charge in [0.2, 0.25) is 5.91 Å². The average Bonchev–Trinajstić information content (AvgIpc) is 2.62. The summed E-state index contributed by atoms with van der Waals surface area (Å²) in [6.45, 7) is 5.88. The fourth-order valence-corrected chi connectivity index (χ4v) is 3.46. The summed E-state index contributed by atoms with van der Waals surface area (Å²) in [6, 6.07) is 9.64. The third-order valence-corrected chi connectivity index (χ3v) is 4.94. The van der Waals surface area contributed by atoms with E-state index in [2.05, 4.69) is 17.6 Å². The van der Waals surface area contributed by atoms with Crippen molar-refractivity contribution in [3.63, 3.8) is 0 Å². The smallest absolute Gasteiger partial charge is 0.321 e. The molecule has 7 heteroatoms. The molecule has 138 valence electrons. The van der Waals surface area contributed by atoms with E-state index in [9.17, 15) is 9.59 Å². The number of carbonyl (C=O) groups is 2. The molecule has 2 heterocycles. The largest absolute Gasteiger partial charge is 0.337 e. The number of halogens is 1. The zero-order valence-corrected chi connectivity index (χ0v) is 15.4. The maximum atomic E-state index is 12.7. The number of benzene rings is 1. The molecule has 0 saturated carbocycles. The lowest BCUT2D eigenvalue weighted by Gasteiger charge is -2.39. The molecule has 25 heavy (non-hydrogen) atoms. The fraction of sp³-hybridized carbons (Fsp3) is 0.556. The van der Waals surface area contributed by atoms with Crippen LogP contribution < -0.4 is 10.6 Å². The zero-order valence-electron chi connectivity index (χ0n) is 14.6. The van der Waals surface area contributed by atoms with E-state index in [1.165, 1.54) is 0 Å². The molecule has 0 bridgehead atoms. The highest BCUT2D eigenvalue weighted by Crippen LogP contribution is 2.22. The van der Waals surface area contributed by atoms with Crippen molar-refractivity contribution >= 4 is 30.0 Å². The number of hydrogen-bond acceptors (Lipinski definition) is 3. The summed E-state index contributed by atoms with van der Waals surface area (Å²) in [5.74, 6) is 0.304. The van der Waals surface area contributed by atoms with E-state index < -0.39 is 0 Å². The lowest BCUT2D eigenvalue weighted by Crippen LogP contribution is -2.55. The molecule has 1 atom stereocenters. The van der Waals surface area contributed by atoms with Crippen molar-refractivity contribution in [2.45, 2.75) is 25.8 Å². The third-order valence-electron chi connectivity index (χ3n) is 4.94. The second-order valence-electron chi connectivity index (χ2n) is 6.64. The van der Waals surface area contributed by atoms with Gasteiger partial charge in [0.1, 0.15) is 0 Å². The van der Waals surface area contributed by atoms with Gasteiger partial charge in [0.25, 0.3) is 0 Å². The van der Waals surface area contributed by atoms with Crippen molar-refractivity contribution < 1.29 is 9.59 Å². The topological polar surface area (TPSA) is 64.7 Å². The number of nitrogens with one attached hydrogen (secondary N) is 2. The molecule has 2 saturated heterocycles. The minimum atomic E-state index is -0.0809. The minimum Gasteiger partial charge on any atom is -0.337 e. The molecule has 1 aromatic carbocycles. The summed E-state index contributed by atoms with van der Waals surface area (Å²) in [7, 11) is 0. The van der Waals surface area contributed by atoms with Gasteiger partial charge in [0.15, 0.2) is 0 Å². The summed E-state index contributed by atoms with van der Waals surface area (Å²) in [5.41, 5.74) is 0.801. The lowest BCUT2D eigenvalue weighted by molar-refractivity contribution is -0.139. The van der Waals surface area contributed by atoms with Crippen molar-refractivity contribution in [1.29, 1.82) is 0 Å². The number of piperazine rings is 1. The monoisotopic (exact) mass is 366 g/mol. The number of hydrogen-bond donors (Lipinski definition) is 2. The predicted octanol–water partition coefficient (Wildman–Crippen LogP) is 2.17. The van der Waals surface area contributed by atoms with Crippen LogP contribution in [0.15, 0.2) is 30.3 Å². The number of anilines is 1. The Morgan fingerprint density at radius 1 is 1.12 bits per heavy atom. The standard InChI is InChI=1S/C18H26N4O2.ClH/c1-14-13-19-9-12-22(14)17(23)15-7-10-21(11-8-15)18(24)20-16-5-3-2-4-6-16;/h2-6,14-15,19H,7-13H2,1H3,(H,20,24);1H/t14-;/m0./s1. The van der Waals surface area contributed by atoms with Crippen molar-refractivity contribution in [2.24, 2.45) is 5.92 Å². The second-order valence-corrected chi connectivity index (χ2v) is 6.64. The molecule has 0 aromatic heterocycles. The molecule has 3 rings (SSSR count). The van der Waals surface area contributed by atoms with Gasteiger partial charge < -0.3 is 20.4 Å². The highest BCUT2D eigenvalue weighted by molar-refractivity contribution is 5.89. The van der Waals surface area contributed by atoms with Crippen LogP contribution in [0.5, 0.6) is 0 Å². The van der Waals surface area contributed by atoms with Crippen molar-refractivity contribution in [3.05, 3.63) is 30.3 Å².